The second-order valence-electron chi connectivity index (χ2n) is 11.1. The number of allylic oxidation sites excluding steroid dienone is 16. The van der Waals surface area contributed by atoms with Crippen molar-refractivity contribution in [2.75, 3.05) is 0 Å². The summed E-state index contributed by atoms with van der Waals surface area (Å²) in [6.07, 6.45) is 58.1. The Balaban J connectivity index is 3.67. The maximum absolute atomic E-state index is 6.18. The van der Waals surface area contributed by atoms with Crippen LogP contribution in [0.5, 0.6) is 0 Å². The van der Waals surface area contributed by atoms with Crippen LogP contribution in [0.1, 0.15) is 143 Å². The summed E-state index contributed by atoms with van der Waals surface area (Å²) in [5.74, 6) is 0. The van der Waals surface area contributed by atoms with Gasteiger partial charge < -0.3 is 4.74 Å². The number of unbranched alkanes of at least 4 members (excludes halogenated alkanes) is 6. The van der Waals surface area contributed by atoms with Gasteiger partial charge in [0.25, 0.3) is 0 Å². The van der Waals surface area contributed by atoms with Crippen LogP contribution in [0.15, 0.2) is 97.2 Å². The van der Waals surface area contributed by atoms with Gasteiger partial charge in [0.2, 0.25) is 0 Å². The highest BCUT2D eigenvalue weighted by atomic mass is 16.5. The molecule has 2 atom stereocenters. The molecule has 0 aromatic rings. The average Bonchev–Trinajstić information content (AvgIpc) is 2.96. The monoisotopic (exact) mass is 563 g/mol. The molecule has 1 heteroatoms. The topological polar surface area (TPSA) is 9.23 Å². The molecule has 2 unspecified atom stereocenters. The highest BCUT2D eigenvalue weighted by Gasteiger charge is 2.06. The zero-order valence-electron chi connectivity index (χ0n) is 27.5. The quantitative estimate of drug-likeness (QED) is 0.0680. The van der Waals surface area contributed by atoms with Gasteiger partial charge in [-0.1, -0.05) is 137 Å². The van der Waals surface area contributed by atoms with Gasteiger partial charge in [-0.3, -0.25) is 0 Å². The molecule has 0 saturated carbocycles. The van der Waals surface area contributed by atoms with Crippen LogP contribution in [0.2, 0.25) is 0 Å². The minimum Gasteiger partial charge on any atom is -0.376 e. The fourth-order valence-corrected chi connectivity index (χ4v) is 4.32. The molecule has 0 radical (unpaired) electrons. The van der Waals surface area contributed by atoms with Crippen LogP contribution in [0.3, 0.4) is 0 Å². The van der Waals surface area contributed by atoms with E-state index in [1.807, 2.05) is 0 Å². The van der Waals surface area contributed by atoms with Crippen molar-refractivity contribution in [3.05, 3.63) is 97.2 Å². The molecule has 41 heavy (non-hydrogen) atoms. The zero-order chi connectivity index (χ0) is 29.9. The Morgan fingerprint density at radius 1 is 0.366 bits per heavy atom. The van der Waals surface area contributed by atoms with Crippen molar-refractivity contribution < 1.29 is 4.74 Å². The molecular weight excluding hydrogens is 496 g/mol. The van der Waals surface area contributed by atoms with Gasteiger partial charge in [-0.05, 0) is 104 Å². The summed E-state index contributed by atoms with van der Waals surface area (Å²) in [5.41, 5.74) is 0. The Morgan fingerprint density at radius 3 is 0.927 bits per heavy atom. The number of hydrogen-bond donors (Lipinski definition) is 0. The van der Waals surface area contributed by atoms with Crippen molar-refractivity contribution in [2.24, 2.45) is 0 Å². The van der Waals surface area contributed by atoms with Crippen LogP contribution in [0.4, 0.5) is 0 Å². The van der Waals surface area contributed by atoms with Gasteiger partial charge in [0, 0.05) is 0 Å². The van der Waals surface area contributed by atoms with E-state index in [0.29, 0.717) is 12.2 Å². The van der Waals surface area contributed by atoms with Crippen LogP contribution < -0.4 is 0 Å². The Morgan fingerprint density at radius 2 is 0.634 bits per heavy atom. The van der Waals surface area contributed by atoms with Crippen molar-refractivity contribution in [1.82, 2.24) is 0 Å². The molecule has 232 valence electrons. The summed E-state index contributed by atoms with van der Waals surface area (Å²) in [7, 11) is 0. The van der Waals surface area contributed by atoms with E-state index in [1.54, 1.807) is 0 Å². The second-order valence-corrected chi connectivity index (χ2v) is 11.1. The van der Waals surface area contributed by atoms with Crippen molar-refractivity contribution >= 4 is 0 Å². The van der Waals surface area contributed by atoms with E-state index in [0.717, 1.165) is 64.2 Å². The fourth-order valence-electron chi connectivity index (χ4n) is 4.32. The van der Waals surface area contributed by atoms with E-state index in [1.165, 1.54) is 51.4 Å². The summed E-state index contributed by atoms with van der Waals surface area (Å²) >= 11 is 0. The summed E-state index contributed by atoms with van der Waals surface area (Å²) < 4.78 is 6.18. The zero-order valence-corrected chi connectivity index (χ0v) is 27.5. The minimum absolute atomic E-state index is 0.313. The highest BCUT2D eigenvalue weighted by Crippen LogP contribution is 2.11. The lowest BCUT2D eigenvalue weighted by Gasteiger charge is -2.18. The Hall–Kier alpha value is -2.12. The van der Waals surface area contributed by atoms with Gasteiger partial charge in [0.15, 0.2) is 0 Å². The lowest BCUT2D eigenvalue weighted by Crippen LogP contribution is -2.16. The first-order valence-electron chi connectivity index (χ1n) is 17.1. The number of ether oxygens (including phenoxy) is 1. The second kappa shape index (κ2) is 34.1. The molecule has 0 N–H and O–H groups in total. The van der Waals surface area contributed by atoms with E-state index in [9.17, 15) is 0 Å². The van der Waals surface area contributed by atoms with Crippen LogP contribution in [0, 0.1) is 0 Å². The van der Waals surface area contributed by atoms with E-state index >= 15 is 0 Å². The van der Waals surface area contributed by atoms with Crippen molar-refractivity contribution in [1.29, 1.82) is 0 Å². The van der Waals surface area contributed by atoms with Crippen molar-refractivity contribution in [3.8, 4) is 0 Å². The first kappa shape index (κ1) is 38.9. The number of rotatable bonds is 28. The molecule has 1 nitrogen and oxygen atoms in total. The summed E-state index contributed by atoms with van der Waals surface area (Å²) in [5, 5.41) is 0. The van der Waals surface area contributed by atoms with Gasteiger partial charge in [0.1, 0.15) is 0 Å². The standard InChI is InChI=1S/C40H66O/c1-5-7-9-11-13-15-17-19-21-23-25-27-29-31-33-35-37-39(3)41-40(4)38-36-34-32-30-28-26-24-22-20-18-16-14-12-10-8-6-2/h13-16,19-22,25-28,31-34,39-40H,5-12,17-18,23-24,29-30,35-38H2,1-4H3/b15-13-,16-14-,21-19-,22-20-,27-25-,28-26-,33-31-,34-32-. The molecule has 0 aliphatic rings. The third kappa shape index (κ3) is 34.0. The van der Waals surface area contributed by atoms with Crippen LogP contribution in [-0.2, 0) is 4.74 Å². The van der Waals surface area contributed by atoms with Gasteiger partial charge in [-0.25, -0.2) is 0 Å². The Bertz CT molecular complexity index is 694. The SMILES string of the molecule is CCCCC/C=C\C/C=C\C/C=C\C/C=C\CCC(C)OC(C)CC/C=C\C/C=C\C/C=C\C/C=C\CCCCC. The molecule has 0 saturated heterocycles. The molecule has 0 amide bonds. The van der Waals surface area contributed by atoms with Crippen molar-refractivity contribution in [2.45, 2.75) is 155 Å². The van der Waals surface area contributed by atoms with E-state index in [4.69, 9.17) is 4.74 Å². The lowest BCUT2D eigenvalue weighted by molar-refractivity contribution is 0.00114. The van der Waals surface area contributed by atoms with E-state index < -0.39 is 0 Å². The molecule has 0 bridgehead atoms. The Labute approximate surface area is 257 Å². The summed E-state index contributed by atoms with van der Waals surface area (Å²) in [6, 6.07) is 0. The normalized spacial score (nSPS) is 14.7. The lowest BCUT2D eigenvalue weighted by atomic mass is 10.1. The van der Waals surface area contributed by atoms with Gasteiger partial charge >= 0.3 is 0 Å². The molecule has 0 aromatic heterocycles. The maximum atomic E-state index is 6.18. The van der Waals surface area contributed by atoms with Crippen LogP contribution in [0.25, 0.3) is 0 Å². The molecule has 0 fully saturated rings. The Kier molecular flexibility index (Phi) is 32.3. The molecular formula is C40H66O. The largest absolute Gasteiger partial charge is 0.376 e. The van der Waals surface area contributed by atoms with Crippen LogP contribution in [-0.4, -0.2) is 12.2 Å². The molecule has 0 rings (SSSR count). The third-order valence-corrected chi connectivity index (χ3v) is 6.86. The van der Waals surface area contributed by atoms with E-state index in [2.05, 4.69) is 125 Å². The highest BCUT2D eigenvalue weighted by molar-refractivity contribution is 5.00. The van der Waals surface area contributed by atoms with Gasteiger partial charge in [-0.2, -0.15) is 0 Å². The first-order chi connectivity index (χ1) is 20.2. The van der Waals surface area contributed by atoms with Gasteiger partial charge in [0.05, 0.1) is 12.2 Å². The molecule has 0 aliphatic carbocycles. The molecule has 0 spiro atoms. The predicted octanol–water partition coefficient (Wildman–Crippen LogP) is 13.3. The van der Waals surface area contributed by atoms with E-state index in [-0.39, 0.29) is 0 Å². The number of hydrogen-bond acceptors (Lipinski definition) is 1. The smallest absolute Gasteiger partial charge is 0.0553 e. The predicted molar refractivity (Wildman–Crippen MR) is 188 cm³/mol. The molecule has 0 heterocycles. The first-order valence-corrected chi connectivity index (χ1v) is 17.1. The minimum atomic E-state index is 0.313. The van der Waals surface area contributed by atoms with Gasteiger partial charge in [-0.15, -0.1) is 0 Å². The molecule has 0 aromatic carbocycles. The third-order valence-electron chi connectivity index (χ3n) is 6.86. The average molecular weight is 563 g/mol. The fraction of sp³-hybridized carbons (Fsp3) is 0.600. The van der Waals surface area contributed by atoms with Crippen LogP contribution >= 0.6 is 0 Å². The summed E-state index contributed by atoms with van der Waals surface area (Å²) in [6.45, 7) is 8.92. The summed E-state index contributed by atoms with van der Waals surface area (Å²) in [4.78, 5) is 0. The van der Waals surface area contributed by atoms with Crippen molar-refractivity contribution in [3.63, 3.8) is 0 Å². The maximum Gasteiger partial charge on any atom is 0.0553 e. The molecule has 0 aliphatic heterocycles.